The molecule has 0 spiro atoms. The van der Waals surface area contributed by atoms with Gasteiger partial charge in [-0.1, -0.05) is 18.2 Å². The molecule has 5 nitrogen and oxygen atoms in total. The van der Waals surface area contributed by atoms with Crippen molar-refractivity contribution in [2.24, 2.45) is 5.92 Å². The number of sulfonamides is 1. The molecule has 0 amide bonds. The topological polar surface area (TPSA) is 58.6 Å². The van der Waals surface area contributed by atoms with Gasteiger partial charge in [0, 0.05) is 19.6 Å². The van der Waals surface area contributed by atoms with Crippen molar-refractivity contribution < 1.29 is 13.2 Å². The largest absolute Gasteiger partial charge is 0.493 e. The third kappa shape index (κ3) is 6.89. The van der Waals surface area contributed by atoms with Crippen molar-refractivity contribution in [1.29, 1.82) is 0 Å². The van der Waals surface area contributed by atoms with E-state index >= 15 is 0 Å². The smallest absolute Gasteiger partial charge is 0.208 e. The van der Waals surface area contributed by atoms with Crippen molar-refractivity contribution in [3.8, 4) is 5.75 Å². The van der Waals surface area contributed by atoms with Crippen LogP contribution in [0.2, 0.25) is 0 Å². The summed E-state index contributed by atoms with van der Waals surface area (Å²) in [6, 6.07) is 8.06. The highest BCUT2D eigenvalue weighted by atomic mass is 32.2. The second kappa shape index (κ2) is 8.66. The summed E-state index contributed by atoms with van der Waals surface area (Å²) in [6.07, 6.45) is 4.44. The van der Waals surface area contributed by atoms with Crippen LogP contribution in [0.5, 0.6) is 5.75 Å². The minimum atomic E-state index is -3.09. The number of hydrogen-bond acceptors (Lipinski definition) is 4. The van der Waals surface area contributed by atoms with Gasteiger partial charge in [0.05, 0.1) is 12.9 Å². The molecule has 1 heterocycles. The summed E-state index contributed by atoms with van der Waals surface area (Å²) in [7, 11) is -3.09. The van der Waals surface area contributed by atoms with Crippen LogP contribution in [-0.2, 0) is 10.0 Å². The number of ether oxygens (including phenoxy) is 1. The van der Waals surface area contributed by atoms with Crippen LogP contribution in [0, 0.1) is 12.8 Å². The Hall–Kier alpha value is -1.11. The fourth-order valence-corrected chi connectivity index (χ4v) is 3.52. The summed E-state index contributed by atoms with van der Waals surface area (Å²) in [6.45, 7) is 6.38. The van der Waals surface area contributed by atoms with Crippen LogP contribution in [0.25, 0.3) is 0 Å². The molecule has 0 bridgehead atoms. The van der Waals surface area contributed by atoms with E-state index in [4.69, 9.17) is 4.74 Å². The van der Waals surface area contributed by atoms with E-state index < -0.39 is 10.0 Å². The van der Waals surface area contributed by atoms with Gasteiger partial charge in [-0.15, -0.1) is 0 Å². The van der Waals surface area contributed by atoms with Gasteiger partial charge in [0.2, 0.25) is 10.0 Å². The molecule has 6 heteroatoms. The molecule has 130 valence electrons. The Morgan fingerprint density at radius 1 is 1.35 bits per heavy atom. The van der Waals surface area contributed by atoms with E-state index in [9.17, 15) is 8.42 Å². The second-order valence-corrected chi connectivity index (χ2v) is 8.23. The molecule has 1 fully saturated rings. The second-order valence-electron chi connectivity index (χ2n) is 6.40. The molecule has 1 unspecified atom stereocenters. The van der Waals surface area contributed by atoms with Gasteiger partial charge in [-0.25, -0.2) is 13.1 Å². The van der Waals surface area contributed by atoms with Crippen LogP contribution in [0.1, 0.15) is 24.8 Å². The Kier molecular flexibility index (Phi) is 6.87. The number of piperidine rings is 1. The number of para-hydroxylation sites is 1. The highest BCUT2D eigenvalue weighted by Crippen LogP contribution is 2.18. The maximum absolute atomic E-state index is 11.2. The molecule has 1 saturated heterocycles. The summed E-state index contributed by atoms with van der Waals surface area (Å²) in [5.74, 6) is 1.37. The number of hydrogen-bond donors (Lipinski definition) is 1. The van der Waals surface area contributed by atoms with Crippen molar-refractivity contribution in [3.05, 3.63) is 29.8 Å². The molecule has 1 aromatic carbocycles. The van der Waals surface area contributed by atoms with E-state index in [1.165, 1.54) is 6.26 Å². The Balaban J connectivity index is 1.66. The normalized spacial score (nSPS) is 19.7. The highest BCUT2D eigenvalue weighted by molar-refractivity contribution is 7.88. The van der Waals surface area contributed by atoms with Crippen molar-refractivity contribution in [3.63, 3.8) is 0 Å². The Morgan fingerprint density at radius 2 is 2.13 bits per heavy atom. The van der Waals surface area contributed by atoms with E-state index in [-0.39, 0.29) is 0 Å². The zero-order valence-corrected chi connectivity index (χ0v) is 14.9. The van der Waals surface area contributed by atoms with E-state index in [0.29, 0.717) is 19.1 Å². The molecule has 0 radical (unpaired) electrons. The molecule has 1 aliphatic rings. The minimum Gasteiger partial charge on any atom is -0.493 e. The van der Waals surface area contributed by atoms with Crippen LogP contribution in [0.3, 0.4) is 0 Å². The standard InChI is InChI=1S/C17H28N2O3S/c1-15-7-3-4-9-17(15)22-12-6-11-19-10-5-8-16(14-19)13-18-23(2,20)21/h3-4,7,9,16,18H,5-6,8,10-14H2,1-2H3. The summed E-state index contributed by atoms with van der Waals surface area (Å²) in [4.78, 5) is 2.42. The van der Waals surface area contributed by atoms with Gasteiger partial charge in [-0.3, -0.25) is 0 Å². The molecule has 1 atom stereocenters. The molecule has 2 rings (SSSR count). The van der Waals surface area contributed by atoms with Crippen molar-refractivity contribution >= 4 is 10.0 Å². The zero-order chi connectivity index (χ0) is 16.7. The molecule has 23 heavy (non-hydrogen) atoms. The first kappa shape index (κ1) is 18.2. The van der Waals surface area contributed by atoms with E-state index in [2.05, 4.69) is 22.6 Å². The number of nitrogens with one attached hydrogen (secondary N) is 1. The van der Waals surface area contributed by atoms with Gasteiger partial charge in [-0.2, -0.15) is 0 Å². The molecule has 1 aromatic rings. The van der Waals surface area contributed by atoms with Crippen LogP contribution in [0.4, 0.5) is 0 Å². The Bertz CT molecular complexity index is 589. The maximum Gasteiger partial charge on any atom is 0.208 e. The summed E-state index contributed by atoms with van der Waals surface area (Å²) in [5, 5.41) is 0. The summed E-state index contributed by atoms with van der Waals surface area (Å²) < 4.78 is 30.8. The first-order chi connectivity index (χ1) is 10.9. The van der Waals surface area contributed by atoms with Crippen molar-refractivity contribution in [2.45, 2.75) is 26.2 Å². The van der Waals surface area contributed by atoms with Gasteiger partial charge in [-0.05, 0) is 50.3 Å². The summed E-state index contributed by atoms with van der Waals surface area (Å²) in [5.41, 5.74) is 1.16. The number of aryl methyl sites for hydroxylation is 1. The van der Waals surface area contributed by atoms with E-state index in [0.717, 1.165) is 50.2 Å². The van der Waals surface area contributed by atoms with Crippen LogP contribution >= 0.6 is 0 Å². The van der Waals surface area contributed by atoms with Gasteiger partial charge in [0.1, 0.15) is 5.75 Å². The highest BCUT2D eigenvalue weighted by Gasteiger charge is 2.20. The van der Waals surface area contributed by atoms with Crippen molar-refractivity contribution in [1.82, 2.24) is 9.62 Å². The van der Waals surface area contributed by atoms with Gasteiger partial charge in [0.25, 0.3) is 0 Å². The lowest BCUT2D eigenvalue weighted by molar-refractivity contribution is 0.163. The maximum atomic E-state index is 11.2. The average Bonchev–Trinajstić information content (AvgIpc) is 2.51. The lowest BCUT2D eigenvalue weighted by atomic mass is 9.98. The van der Waals surface area contributed by atoms with Crippen LogP contribution < -0.4 is 9.46 Å². The monoisotopic (exact) mass is 340 g/mol. The van der Waals surface area contributed by atoms with Gasteiger partial charge < -0.3 is 9.64 Å². The van der Waals surface area contributed by atoms with E-state index in [1.807, 2.05) is 18.2 Å². The number of nitrogens with zero attached hydrogens (tertiary/aromatic N) is 1. The Morgan fingerprint density at radius 3 is 2.87 bits per heavy atom. The van der Waals surface area contributed by atoms with E-state index in [1.54, 1.807) is 0 Å². The molecule has 0 aliphatic carbocycles. The molecule has 0 aromatic heterocycles. The number of likely N-dealkylation sites (tertiary alicyclic amines) is 1. The fraction of sp³-hybridized carbons (Fsp3) is 0.647. The quantitative estimate of drug-likeness (QED) is 0.736. The first-order valence-electron chi connectivity index (χ1n) is 8.29. The van der Waals surface area contributed by atoms with Crippen LogP contribution in [0.15, 0.2) is 24.3 Å². The number of benzene rings is 1. The Labute approximate surface area is 140 Å². The van der Waals surface area contributed by atoms with Gasteiger partial charge >= 0.3 is 0 Å². The minimum absolute atomic E-state index is 0.413. The average molecular weight is 340 g/mol. The lowest BCUT2D eigenvalue weighted by Crippen LogP contribution is -2.41. The molecule has 0 saturated carbocycles. The molecule has 1 N–H and O–H groups in total. The van der Waals surface area contributed by atoms with Gasteiger partial charge in [0.15, 0.2) is 0 Å². The molecule has 1 aliphatic heterocycles. The lowest BCUT2D eigenvalue weighted by Gasteiger charge is -2.32. The zero-order valence-electron chi connectivity index (χ0n) is 14.1. The molecular formula is C17H28N2O3S. The third-order valence-corrected chi connectivity index (χ3v) is 4.90. The third-order valence-electron chi connectivity index (χ3n) is 4.21. The first-order valence-corrected chi connectivity index (χ1v) is 10.2. The fourth-order valence-electron chi connectivity index (χ4n) is 2.98. The predicted octanol–water partition coefficient (Wildman–Crippen LogP) is 2.03. The SMILES string of the molecule is Cc1ccccc1OCCCN1CCCC(CNS(C)(=O)=O)C1. The predicted molar refractivity (Wildman–Crippen MR) is 93.3 cm³/mol. The number of rotatable bonds is 8. The van der Waals surface area contributed by atoms with Crippen LogP contribution in [-0.4, -0.2) is 52.4 Å². The molecular weight excluding hydrogens is 312 g/mol. The summed E-state index contributed by atoms with van der Waals surface area (Å²) >= 11 is 0. The van der Waals surface area contributed by atoms with Crippen molar-refractivity contribution in [2.75, 3.05) is 39.0 Å².